The van der Waals surface area contributed by atoms with Crippen LogP contribution >= 0.6 is 0 Å². The molecule has 3 aromatic rings. The number of anilines is 4. The van der Waals surface area contributed by atoms with E-state index in [0.717, 1.165) is 6.07 Å². The van der Waals surface area contributed by atoms with Crippen molar-refractivity contribution in [2.75, 3.05) is 40.9 Å². The summed E-state index contributed by atoms with van der Waals surface area (Å²) in [5, 5.41) is 23.1. The smallest absolute Gasteiger partial charge is 0.437 e. The lowest BCUT2D eigenvalue weighted by Gasteiger charge is -2.25. The number of urea groups is 1. The van der Waals surface area contributed by atoms with Crippen LogP contribution in [0.2, 0.25) is 0 Å². The van der Waals surface area contributed by atoms with Crippen LogP contribution in [0.5, 0.6) is 17.2 Å². The number of halogens is 6. The Morgan fingerprint density at radius 1 is 0.685 bits per heavy atom. The SMILES string of the molecule is CC(C)(C)OC(=O)N=C(NCCCCC(=O)Nc1cc(C(F)(F)F)cc(NC(=O)Nc2ccc(Oc3cc(NC(=O)O)cc(C(F)(F)F)c3)cc2)c1O[C@@H]1CCN(C(=O)OC(C)(C)C)C1)NC(=O)OC(C)(C)C. The molecule has 0 aliphatic carbocycles. The summed E-state index contributed by atoms with van der Waals surface area (Å²) in [5.41, 5.74) is -6.62. The monoisotopic (exact) mass is 1040 g/mol. The van der Waals surface area contributed by atoms with Gasteiger partial charge in [0, 0.05) is 43.4 Å². The lowest BCUT2D eigenvalue weighted by atomic mass is 10.1. The third kappa shape index (κ3) is 20.5. The van der Waals surface area contributed by atoms with E-state index in [2.05, 4.69) is 31.6 Å². The summed E-state index contributed by atoms with van der Waals surface area (Å²) >= 11 is 0. The minimum Gasteiger partial charge on any atom is -0.484 e. The molecule has 0 saturated carbocycles. The quantitative estimate of drug-likeness (QED) is 0.0277. The Morgan fingerprint density at radius 3 is 1.85 bits per heavy atom. The van der Waals surface area contributed by atoms with Crippen molar-refractivity contribution < 1.29 is 83.9 Å². The van der Waals surface area contributed by atoms with Gasteiger partial charge < -0.3 is 55.0 Å². The molecule has 1 aliphatic rings. The molecule has 4 rings (SSSR count). The molecule has 0 aromatic heterocycles. The molecule has 1 heterocycles. The van der Waals surface area contributed by atoms with Crippen LogP contribution in [0.3, 0.4) is 0 Å². The summed E-state index contributed by atoms with van der Waals surface area (Å²) in [4.78, 5) is 80.9. The predicted octanol–water partition coefficient (Wildman–Crippen LogP) is 11.2. The van der Waals surface area contributed by atoms with Crippen LogP contribution in [0.15, 0.2) is 59.6 Å². The number of carbonyl (C=O) groups is 6. The maximum atomic E-state index is 14.5. The second-order valence-electron chi connectivity index (χ2n) is 19.2. The fourth-order valence-corrected chi connectivity index (χ4v) is 6.35. The van der Waals surface area contributed by atoms with Gasteiger partial charge in [0.05, 0.1) is 29.0 Å². The zero-order valence-corrected chi connectivity index (χ0v) is 41.3. The van der Waals surface area contributed by atoms with Gasteiger partial charge in [-0.3, -0.25) is 15.4 Å². The van der Waals surface area contributed by atoms with Gasteiger partial charge in [-0.05, 0) is 124 Å². The van der Waals surface area contributed by atoms with Crippen molar-refractivity contribution in [2.45, 2.75) is 123 Å². The van der Waals surface area contributed by atoms with Gasteiger partial charge in [-0.15, -0.1) is 4.99 Å². The maximum absolute atomic E-state index is 14.5. The fraction of sp³-hybridized carbons (Fsp3) is 0.468. The van der Waals surface area contributed by atoms with Crippen LogP contribution in [0.1, 0.15) is 99.1 Å². The minimum atomic E-state index is -5.02. The molecule has 3 aromatic carbocycles. The lowest BCUT2D eigenvalue weighted by molar-refractivity contribution is -0.138. The molecule has 7 amide bonds. The van der Waals surface area contributed by atoms with E-state index in [-0.39, 0.29) is 62.7 Å². The Labute approximate surface area is 415 Å². The van der Waals surface area contributed by atoms with Crippen LogP contribution in [-0.4, -0.2) is 94.8 Å². The number of guanidine groups is 1. The standard InChI is InChI=1S/C47H58F6N8O12/c1-43(2,3)71-40(66)59-37(60-41(67)72-44(4,5)6)54-18-11-10-12-35(62)57-33-22-27(47(51,52)53)23-34(36(33)70-31-17-19-61(25-31)42(68)73-45(7,8)9)58-38(63)55-28-13-15-30(16-14-28)69-32-21-26(46(48,49)50)20-29(24-32)56-39(64)65/h13-16,20-24,31,56H,10-12,17-19,25H2,1-9H3,(H,57,62)(H,64,65)(H2,55,58,63)(H2,54,59,60,66,67)/t31-/m1/s1. The first kappa shape index (κ1) is 57.9. The third-order valence-corrected chi connectivity index (χ3v) is 9.19. The molecule has 0 unspecified atom stereocenters. The van der Waals surface area contributed by atoms with Crippen molar-refractivity contribution in [3.8, 4) is 17.2 Å². The third-order valence-electron chi connectivity index (χ3n) is 9.19. The Morgan fingerprint density at radius 2 is 1.27 bits per heavy atom. The zero-order valence-electron chi connectivity index (χ0n) is 41.3. The Hall–Kier alpha value is -7.67. The van der Waals surface area contributed by atoms with E-state index in [4.69, 9.17) is 28.8 Å². The second-order valence-corrected chi connectivity index (χ2v) is 19.2. The van der Waals surface area contributed by atoms with Crippen molar-refractivity contribution in [1.29, 1.82) is 0 Å². The summed E-state index contributed by atoms with van der Waals surface area (Å²) in [6, 6.07) is 7.26. The van der Waals surface area contributed by atoms with Gasteiger partial charge in [0.1, 0.15) is 34.4 Å². The average molecular weight is 1040 g/mol. The highest BCUT2D eigenvalue weighted by molar-refractivity contribution is 6.03. The van der Waals surface area contributed by atoms with Gasteiger partial charge >= 0.3 is 42.8 Å². The number of nitrogens with one attached hydrogen (secondary N) is 6. The summed E-state index contributed by atoms with van der Waals surface area (Å²) in [5.74, 6) is -1.94. The first-order valence-electron chi connectivity index (χ1n) is 22.4. The first-order chi connectivity index (χ1) is 33.6. The number of nitrogens with zero attached hydrogens (tertiary/aromatic N) is 2. The molecule has 400 valence electrons. The molecule has 7 N–H and O–H groups in total. The number of rotatable bonds is 13. The van der Waals surface area contributed by atoms with Crippen molar-refractivity contribution >= 4 is 65.0 Å². The number of alkyl carbamates (subject to hydrolysis) is 1. The normalized spacial score (nSPS) is 14.3. The molecule has 73 heavy (non-hydrogen) atoms. The first-order valence-corrected chi connectivity index (χ1v) is 22.4. The largest absolute Gasteiger partial charge is 0.484 e. The molecular weight excluding hydrogens is 983 g/mol. The number of ether oxygens (including phenoxy) is 5. The highest BCUT2D eigenvalue weighted by atomic mass is 19.4. The fourth-order valence-electron chi connectivity index (χ4n) is 6.35. The lowest BCUT2D eigenvalue weighted by Crippen LogP contribution is -2.44. The molecule has 0 bridgehead atoms. The van der Waals surface area contributed by atoms with E-state index in [9.17, 15) is 55.1 Å². The van der Waals surface area contributed by atoms with Crippen LogP contribution in [0.25, 0.3) is 0 Å². The van der Waals surface area contributed by atoms with Crippen LogP contribution in [0.4, 0.5) is 73.1 Å². The molecule has 1 saturated heterocycles. The number of unbranched alkanes of at least 4 members (excludes halogenated alkanes) is 1. The number of benzene rings is 3. The van der Waals surface area contributed by atoms with Crippen molar-refractivity contribution in [3.63, 3.8) is 0 Å². The van der Waals surface area contributed by atoms with E-state index >= 15 is 0 Å². The maximum Gasteiger partial charge on any atom is 0.437 e. The summed E-state index contributed by atoms with van der Waals surface area (Å²) in [6.07, 6.45) is -14.8. The Bertz CT molecular complexity index is 2520. The van der Waals surface area contributed by atoms with E-state index in [0.29, 0.717) is 24.3 Å². The van der Waals surface area contributed by atoms with Gasteiger partial charge in [0.15, 0.2) is 5.75 Å². The highest BCUT2D eigenvalue weighted by Crippen LogP contribution is 2.42. The van der Waals surface area contributed by atoms with Crippen LogP contribution < -0.4 is 41.4 Å². The van der Waals surface area contributed by atoms with Gasteiger partial charge in [0.25, 0.3) is 0 Å². The molecule has 0 radical (unpaired) electrons. The van der Waals surface area contributed by atoms with E-state index in [1.807, 2.05) is 5.32 Å². The average Bonchev–Trinajstić information content (AvgIpc) is 3.68. The molecule has 26 heteroatoms. The molecule has 1 fully saturated rings. The Balaban J connectivity index is 1.56. The Kier molecular flexibility index (Phi) is 18.8. The number of aliphatic imine (C=N–C) groups is 1. The van der Waals surface area contributed by atoms with Crippen LogP contribution in [-0.2, 0) is 31.4 Å². The molecule has 1 atom stereocenters. The highest BCUT2D eigenvalue weighted by Gasteiger charge is 2.36. The molecular formula is C47H58F6N8O12. The van der Waals surface area contributed by atoms with Crippen molar-refractivity contribution in [1.82, 2.24) is 15.5 Å². The summed E-state index contributed by atoms with van der Waals surface area (Å²) < 4.78 is 112. The number of hydrogen-bond acceptors (Lipinski definition) is 11. The predicted molar refractivity (Wildman–Crippen MR) is 254 cm³/mol. The van der Waals surface area contributed by atoms with E-state index in [1.165, 1.54) is 29.2 Å². The van der Waals surface area contributed by atoms with Gasteiger partial charge in [0.2, 0.25) is 11.9 Å². The molecule has 20 nitrogen and oxygen atoms in total. The van der Waals surface area contributed by atoms with Crippen LogP contribution in [0, 0.1) is 0 Å². The van der Waals surface area contributed by atoms with Crippen molar-refractivity contribution in [3.05, 3.63) is 65.7 Å². The minimum absolute atomic E-state index is 0.0206. The number of hydrogen-bond donors (Lipinski definition) is 7. The number of amides is 7. The van der Waals surface area contributed by atoms with Gasteiger partial charge in [-0.2, -0.15) is 26.3 Å². The topological polar surface area (TPSA) is 257 Å². The van der Waals surface area contributed by atoms with Gasteiger partial charge in [-0.25, -0.2) is 24.0 Å². The second kappa shape index (κ2) is 23.7. The summed E-state index contributed by atoms with van der Waals surface area (Å²) in [6.45, 7) is 14.8. The number of likely N-dealkylation sites (tertiary alicyclic amines) is 1. The zero-order chi connectivity index (χ0) is 54.7. The molecule has 0 spiro atoms. The number of carboxylic acid groups (broad SMARTS) is 1. The number of alkyl halides is 6. The number of carbonyl (C=O) groups excluding carboxylic acids is 5. The van der Waals surface area contributed by atoms with Crippen molar-refractivity contribution in [2.24, 2.45) is 4.99 Å². The van der Waals surface area contributed by atoms with Gasteiger partial charge in [-0.1, -0.05) is 0 Å². The summed E-state index contributed by atoms with van der Waals surface area (Å²) in [7, 11) is 0. The van der Waals surface area contributed by atoms with E-state index < -0.39 is 111 Å². The van der Waals surface area contributed by atoms with E-state index in [1.54, 1.807) is 62.3 Å². The molecule has 1 aliphatic heterocycles.